The van der Waals surface area contributed by atoms with Crippen LogP contribution in [0.25, 0.3) is 0 Å². The minimum absolute atomic E-state index is 0.0875. The van der Waals surface area contributed by atoms with Crippen LogP contribution in [0.4, 0.5) is 11.4 Å². The number of nitrogens with one attached hydrogen (secondary N) is 2. The summed E-state index contributed by atoms with van der Waals surface area (Å²) in [6.45, 7) is 3.79. The van der Waals surface area contributed by atoms with Gasteiger partial charge in [0.05, 0.1) is 0 Å². The fraction of sp³-hybridized carbons (Fsp3) is 0.130. The summed E-state index contributed by atoms with van der Waals surface area (Å²) in [5.74, 6) is 0.270. The molecular weight excluding hydrogens is 432 g/mol. The lowest BCUT2D eigenvalue weighted by molar-refractivity contribution is -0.118. The molecule has 0 unspecified atom stereocenters. The third kappa shape index (κ3) is 5.68. The molecule has 0 heterocycles. The number of amides is 2. The number of carbonyl (C=O) groups excluding carboxylic acids is 2. The molecule has 3 aromatic rings. The van der Waals surface area contributed by atoms with Crippen LogP contribution in [0.5, 0.6) is 5.75 Å². The second-order valence-corrected chi connectivity index (χ2v) is 7.52. The van der Waals surface area contributed by atoms with E-state index >= 15 is 0 Å². The lowest BCUT2D eigenvalue weighted by Gasteiger charge is -2.13. The smallest absolute Gasteiger partial charge is 0.262 e. The molecule has 3 aromatic carbocycles. The van der Waals surface area contributed by atoms with Gasteiger partial charge in [0.15, 0.2) is 6.61 Å². The minimum atomic E-state index is -0.257. The first-order valence-electron chi connectivity index (χ1n) is 9.08. The summed E-state index contributed by atoms with van der Waals surface area (Å²) in [5, 5.41) is 5.61. The van der Waals surface area contributed by atoms with Gasteiger partial charge in [0, 0.05) is 21.4 Å². The van der Waals surface area contributed by atoms with Crippen LogP contribution in [0.2, 0.25) is 0 Å². The van der Waals surface area contributed by atoms with Crippen molar-refractivity contribution in [3.05, 3.63) is 87.9 Å². The summed E-state index contributed by atoms with van der Waals surface area (Å²) in [6.07, 6.45) is 0. The van der Waals surface area contributed by atoms with Crippen LogP contribution in [0.3, 0.4) is 0 Å². The number of rotatable bonds is 6. The van der Waals surface area contributed by atoms with E-state index in [2.05, 4.69) is 26.6 Å². The van der Waals surface area contributed by atoms with Crippen molar-refractivity contribution in [1.29, 1.82) is 0 Å². The summed E-state index contributed by atoms with van der Waals surface area (Å²) < 4.78 is 6.67. The molecule has 0 saturated heterocycles. The molecule has 0 saturated carbocycles. The number of anilines is 2. The Balaban J connectivity index is 1.54. The summed E-state index contributed by atoms with van der Waals surface area (Å²) >= 11 is 3.44. The van der Waals surface area contributed by atoms with Gasteiger partial charge >= 0.3 is 0 Å². The van der Waals surface area contributed by atoms with E-state index in [-0.39, 0.29) is 18.4 Å². The topological polar surface area (TPSA) is 67.4 Å². The maximum absolute atomic E-state index is 12.2. The number of halogens is 1. The molecule has 0 spiro atoms. The summed E-state index contributed by atoms with van der Waals surface area (Å²) in [6, 6.07) is 19.8. The SMILES string of the molecule is Cc1cc(Br)cc(C)c1OCC(=O)Nc1ccc(NC(=O)c2ccccc2)cc1. The Labute approximate surface area is 178 Å². The molecule has 5 nitrogen and oxygen atoms in total. The van der Waals surface area contributed by atoms with Crippen LogP contribution in [-0.4, -0.2) is 18.4 Å². The van der Waals surface area contributed by atoms with Gasteiger partial charge in [-0.1, -0.05) is 34.1 Å². The largest absolute Gasteiger partial charge is 0.483 e. The molecule has 0 bridgehead atoms. The van der Waals surface area contributed by atoms with Crippen molar-refractivity contribution in [2.24, 2.45) is 0 Å². The summed E-state index contributed by atoms with van der Waals surface area (Å²) in [7, 11) is 0. The molecule has 0 atom stereocenters. The van der Waals surface area contributed by atoms with Crippen LogP contribution in [0.15, 0.2) is 71.2 Å². The first-order chi connectivity index (χ1) is 13.9. The van der Waals surface area contributed by atoms with Crippen molar-refractivity contribution >= 4 is 39.1 Å². The van der Waals surface area contributed by atoms with Gasteiger partial charge in [0.25, 0.3) is 11.8 Å². The van der Waals surface area contributed by atoms with Crippen LogP contribution >= 0.6 is 15.9 Å². The number of benzene rings is 3. The number of hydrogen-bond acceptors (Lipinski definition) is 3. The first-order valence-corrected chi connectivity index (χ1v) is 9.87. The highest BCUT2D eigenvalue weighted by molar-refractivity contribution is 9.10. The van der Waals surface area contributed by atoms with Gasteiger partial charge < -0.3 is 15.4 Å². The fourth-order valence-electron chi connectivity index (χ4n) is 2.89. The Morgan fingerprint density at radius 2 is 1.41 bits per heavy atom. The zero-order valence-electron chi connectivity index (χ0n) is 16.2. The minimum Gasteiger partial charge on any atom is -0.483 e. The lowest BCUT2D eigenvalue weighted by Crippen LogP contribution is -2.20. The van der Waals surface area contributed by atoms with Gasteiger partial charge in [-0.05, 0) is 73.5 Å². The van der Waals surface area contributed by atoms with Crippen LogP contribution in [0, 0.1) is 13.8 Å². The van der Waals surface area contributed by atoms with E-state index in [4.69, 9.17) is 4.74 Å². The molecule has 3 rings (SSSR count). The third-order valence-corrected chi connectivity index (χ3v) is 4.69. The van der Waals surface area contributed by atoms with Crippen molar-refractivity contribution in [2.75, 3.05) is 17.2 Å². The van der Waals surface area contributed by atoms with Gasteiger partial charge in [0.1, 0.15) is 5.75 Å². The Morgan fingerprint density at radius 3 is 2.00 bits per heavy atom. The molecule has 148 valence electrons. The second kappa shape index (κ2) is 9.39. The molecule has 2 amide bonds. The summed E-state index contributed by atoms with van der Waals surface area (Å²) in [5.41, 5.74) is 3.78. The zero-order chi connectivity index (χ0) is 20.8. The average molecular weight is 453 g/mol. The highest BCUT2D eigenvalue weighted by atomic mass is 79.9. The van der Waals surface area contributed by atoms with E-state index in [0.29, 0.717) is 22.7 Å². The van der Waals surface area contributed by atoms with Gasteiger partial charge in [-0.25, -0.2) is 0 Å². The van der Waals surface area contributed by atoms with Crippen LogP contribution in [-0.2, 0) is 4.79 Å². The van der Waals surface area contributed by atoms with Crippen molar-refractivity contribution in [2.45, 2.75) is 13.8 Å². The second-order valence-electron chi connectivity index (χ2n) is 6.60. The van der Waals surface area contributed by atoms with Gasteiger partial charge in [0.2, 0.25) is 0 Å². The lowest BCUT2D eigenvalue weighted by atomic mass is 10.1. The third-order valence-electron chi connectivity index (χ3n) is 4.24. The summed E-state index contributed by atoms with van der Waals surface area (Å²) in [4.78, 5) is 24.4. The number of carbonyl (C=O) groups is 2. The molecular formula is C23H21BrN2O3. The molecule has 29 heavy (non-hydrogen) atoms. The highest BCUT2D eigenvalue weighted by Crippen LogP contribution is 2.27. The van der Waals surface area contributed by atoms with E-state index in [1.54, 1.807) is 36.4 Å². The monoisotopic (exact) mass is 452 g/mol. The molecule has 2 N–H and O–H groups in total. The van der Waals surface area contributed by atoms with E-state index in [0.717, 1.165) is 15.6 Å². The van der Waals surface area contributed by atoms with Crippen molar-refractivity contribution in [1.82, 2.24) is 0 Å². The fourth-order valence-corrected chi connectivity index (χ4v) is 3.58. The van der Waals surface area contributed by atoms with E-state index < -0.39 is 0 Å². The van der Waals surface area contributed by atoms with Gasteiger partial charge in [-0.15, -0.1) is 0 Å². The maximum atomic E-state index is 12.2. The van der Waals surface area contributed by atoms with Crippen LogP contribution in [0.1, 0.15) is 21.5 Å². The van der Waals surface area contributed by atoms with Crippen molar-refractivity contribution in [3.63, 3.8) is 0 Å². The predicted molar refractivity (Wildman–Crippen MR) is 119 cm³/mol. The Morgan fingerprint density at radius 1 is 0.862 bits per heavy atom. The number of ether oxygens (including phenoxy) is 1. The molecule has 0 radical (unpaired) electrons. The van der Waals surface area contributed by atoms with Crippen LogP contribution < -0.4 is 15.4 Å². The molecule has 0 aromatic heterocycles. The Bertz CT molecular complexity index is 995. The van der Waals surface area contributed by atoms with Gasteiger partial charge in [-0.2, -0.15) is 0 Å². The van der Waals surface area contributed by atoms with Crippen molar-refractivity contribution in [3.8, 4) is 5.75 Å². The quantitative estimate of drug-likeness (QED) is 0.530. The predicted octanol–water partition coefficient (Wildman–Crippen LogP) is 5.34. The normalized spacial score (nSPS) is 10.3. The van der Waals surface area contributed by atoms with Gasteiger partial charge in [-0.3, -0.25) is 9.59 Å². The number of hydrogen-bond donors (Lipinski definition) is 2. The maximum Gasteiger partial charge on any atom is 0.262 e. The number of aryl methyl sites for hydroxylation is 2. The molecule has 6 heteroatoms. The zero-order valence-corrected chi connectivity index (χ0v) is 17.7. The Kier molecular flexibility index (Phi) is 6.67. The highest BCUT2D eigenvalue weighted by Gasteiger charge is 2.10. The molecule has 0 fully saturated rings. The molecule has 0 aliphatic heterocycles. The standard InChI is InChI=1S/C23H21BrN2O3/c1-15-12-18(24)13-16(2)22(15)29-14-21(27)25-19-8-10-20(11-9-19)26-23(28)17-6-4-3-5-7-17/h3-13H,14H2,1-2H3,(H,25,27)(H,26,28). The first kappa shape index (κ1) is 20.6. The Hall–Kier alpha value is -3.12. The van der Waals surface area contributed by atoms with E-state index in [9.17, 15) is 9.59 Å². The van der Waals surface area contributed by atoms with Crippen molar-refractivity contribution < 1.29 is 14.3 Å². The average Bonchev–Trinajstić information content (AvgIpc) is 2.69. The molecule has 0 aliphatic carbocycles. The van der Waals surface area contributed by atoms with E-state index in [1.165, 1.54) is 0 Å². The van der Waals surface area contributed by atoms with E-state index in [1.807, 2.05) is 44.2 Å². The molecule has 0 aliphatic rings.